The number of hydrogen-bond acceptors (Lipinski definition) is 3. The molecule has 128 valence electrons. The van der Waals surface area contributed by atoms with Gasteiger partial charge in [0.05, 0.1) is 0 Å². The van der Waals surface area contributed by atoms with E-state index in [4.69, 9.17) is 11.6 Å². The summed E-state index contributed by atoms with van der Waals surface area (Å²) in [5.74, 6) is 0. The topological polar surface area (TPSA) is 38.8 Å². The summed E-state index contributed by atoms with van der Waals surface area (Å²) >= 11 is 6.10. The highest BCUT2D eigenvalue weighted by molar-refractivity contribution is 6.30. The zero-order valence-electron chi connectivity index (χ0n) is 14.3. The van der Waals surface area contributed by atoms with Gasteiger partial charge < -0.3 is 20.0 Å². The Hall–Kier alpha value is -1.46. The molecule has 0 unspecified atom stereocenters. The number of piperazine rings is 1. The summed E-state index contributed by atoms with van der Waals surface area (Å²) in [5, 5.41) is 3.76. The average Bonchev–Trinajstić information content (AvgIpc) is 2.53. The van der Waals surface area contributed by atoms with Gasteiger partial charge in [-0.1, -0.05) is 17.7 Å². The Morgan fingerprint density at radius 1 is 1.26 bits per heavy atom. The summed E-state index contributed by atoms with van der Waals surface area (Å²) in [4.78, 5) is 18.5. The molecule has 1 heterocycles. The minimum absolute atomic E-state index is 0.0474. The van der Waals surface area contributed by atoms with Crippen molar-refractivity contribution in [2.75, 3.05) is 58.3 Å². The normalized spacial score (nSPS) is 15.2. The van der Waals surface area contributed by atoms with E-state index >= 15 is 0 Å². The summed E-state index contributed by atoms with van der Waals surface area (Å²) in [6.45, 7) is 6.97. The highest BCUT2D eigenvalue weighted by Crippen LogP contribution is 2.25. The van der Waals surface area contributed by atoms with E-state index < -0.39 is 0 Å². The molecule has 0 spiro atoms. The first kappa shape index (κ1) is 17.9. The lowest BCUT2D eigenvalue weighted by molar-refractivity contribution is 0.194. The van der Waals surface area contributed by atoms with Crippen molar-refractivity contribution in [2.45, 2.75) is 13.3 Å². The molecule has 1 aromatic carbocycles. The predicted octanol–water partition coefficient (Wildman–Crippen LogP) is 2.43. The van der Waals surface area contributed by atoms with Gasteiger partial charge in [-0.05, 0) is 51.7 Å². The van der Waals surface area contributed by atoms with Crippen LogP contribution in [0.3, 0.4) is 0 Å². The molecule has 1 fully saturated rings. The fraction of sp³-hybridized carbons (Fsp3) is 0.588. The highest BCUT2D eigenvalue weighted by Gasteiger charge is 2.21. The van der Waals surface area contributed by atoms with Crippen LogP contribution in [0.15, 0.2) is 18.2 Å². The van der Waals surface area contributed by atoms with Crippen LogP contribution in [0.4, 0.5) is 10.5 Å². The second-order valence-electron chi connectivity index (χ2n) is 6.29. The Morgan fingerprint density at radius 3 is 2.61 bits per heavy atom. The molecular weight excluding hydrogens is 312 g/mol. The van der Waals surface area contributed by atoms with Crippen molar-refractivity contribution in [1.29, 1.82) is 0 Å². The first-order valence-electron chi connectivity index (χ1n) is 8.16. The Bertz CT molecular complexity index is 527. The van der Waals surface area contributed by atoms with Crippen LogP contribution in [0.2, 0.25) is 5.02 Å². The third-order valence-corrected chi connectivity index (χ3v) is 4.37. The van der Waals surface area contributed by atoms with Crippen LogP contribution in [-0.4, -0.2) is 69.2 Å². The van der Waals surface area contributed by atoms with E-state index in [1.54, 1.807) is 0 Å². The average molecular weight is 339 g/mol. The first-order valence-corrected chi connectivity index (χ1v) is 8.54. The van der Waals surface area contributed by atoms with Gasteiger partial charge in [-0.3, -0.25) is 0 Å². The molecule has 1 aliphatic rings. The Kier molecular flexibility index (Phi) is 6.54. The van der Waals surface area contributed by atoms with Gasteiger partial charge in [0.2, 0.25) is 0 Å². The fourth-order valence-electron chi connectivity index (χ4n) is 2.78. The van der Waals surface area contributed by atoms with E-state index in [2.05, 4.69) is 22.0 Å². The quantitative estimate of drug-likeness (QED) is 0.838. The van der Waals surface area contributed by atoms with Crippen LogP contribution in [-0.2, 0) is 0 Å². The number of carbonyl (C=O) groups is 1. The molecule has 2 amide bonds. The lowest BCUT2D eigenvalue weighted by Crippen LogP contribution is -2.52. The van der Waals surface area contributed by atoms with Crippen molar-refractivity contribution in [1.82, 2.24) is 15.1 Å². The van der Waals surface area contributed by atoms with Crippen LogP contribution < -0.4 is 10.2 Å². The molecule has 1 aliphatic heterocycles. The Morgan fingerprint density at radius 2 is 1.96 bits per heavy atom. The molecule has 0 aromatic heterocycles. The third-order valence-electron chi connectivity index (χ3n) is 4.14. The molecule has 1 N–H and O–H groups in total. The molecule has 23 heavy (non-hydrogen) atoms. The Labute approximate surface area is 144 Å². The smallest absolute Gasteiger partial charge is 0.317 e. The number of amides is 2. The maximum Gasteiger partial charge on any atom is 0.317 e. The molecule has 0 radical (unpaired) electrons. The summed E-state index contributed by atoms with van der Waals surface area (Å²) in [6, 6.07) is 6.01. The lowest BCUT2D eigenvalue weighted by Gasteiger charge is -2.36. The van der Waals surface area contributed by atoms with Crippen molar-refractivity contribution in [3.05, 3.63) is 28.8 Å². The fourth-order valence-corrected chi connectivity index (χ4v) is 2.94. The number of benzene rings is 1. The predicted molar refractivity (Wildman–Crippen MR) is 96.5 cm³/mol. The number of urea groups is 1. The van der Waals surface area contributed by atoms with Gasteiger partial charge in [-0.15, -0.1) is 0 Å². The number of rotatable bonds is 5. The van der Waals surface area contributed by atoms with E-state index in [1.807, 2.05) is 37.2 Å². The van der Waals surface area contributed by atoms with Crippen molar-refractivity contribution in [3.8, 4) is 0 Å². The lowest BCUT2D eigenvalue weighted by atomic mass is 10.1. The number of carbonyl (C=O) groups excluding carboxylic acids is 1. The highest BCUT2D eigenvalue weighted by atomic mass is 35.5. The molecule has 0 aliphatic carbocycles. The van der Waals surface area contributed by atoms with Crippen LogP contribution >= 0.6 is 11.6 Å². The van der Waals surface area contributed by atoms with Crippen molar-refractivity contribution < 1.29 is 4.79 Å². The summed E-state index contributed by atoms with van der Waals surface area (Å²) in [5.41, 5.74) is 2.39. The van der Waals surface area contributed by atoms with Gasteiger partial charge in [0.25, 0.3) is 0 Å². The minimum atomic E-state index is 0.0474. The van der Waals surface area contributed by atoms with Gasteiger partial charge >= 0.3 is 6.03 Å². The summed E-state index contributed by atoms with van der Waals surface area (Å²) < 4.78 is 0. The van der Waals surface area contributed by atoms with E-state index in [0.29, 0.717) is 0 Å². The molecule has 1 aromatic rings. The van der Waals surface area contributed by atoms with E-state index in [0.717, 1.165) is 50.7 Å². The maximum atomic E-state index is 12.2. The molecule has 5 nitrogen and oxygen atoms in total. The second-order valence-corrected chi connectivity index (χ2v) is 6.73. The zero-order valence-corrected chi connectivity index (χ0v) is 15.1. The SMILES string of the molecule is Cc1ccc(Cl)cc1N1CCN(C(=O)NCCCN(C)C)CC1. The first-order chi connectivity index (χ1) is 11.0. The largest absolute Gasteiger partial charge is 0.368 e. The molecule has 0 saturated carbocycles. The number of hydrogen-bond donors (Lipinski definition) is 1. The molecule has 2 rings (SSSR count). The van der Waals surface area contributed by atoms with Crippen LogP contribution in [0.1, 0.15) is 12.0 Å². The second kappa shape index (κ2) is 8.41. The van der Waals surface area contributed by atoms with Gasteiger partial charge in [0, 0.05) is 43.4 Å². The van der Waals surface area contributed by atoms with Gasteiger partial charge in [-0.25, -0.2) is 4.79 Å². The Balaban J connectivity index is 1.79. The van der Waals surface area contributed by atoms with E-state index in [1.165, 1.54) is 11.3 Å². The number of halogens is 1. The van der Waals surface area contributed by atoms with Gasteiger partial charge in [0.1, 0.15) is 0 Å². The molecule has 6 heteroatoms. The van der Waals surface area contributed by atoms with E-state index in [-0.39, 0.29) is 6.03 Å². The van der Waals surface area contributed by atoms with Gasteiger partial charge in [-0.2, -0.15) is 0 Å². The van der Waals surface area contributed by atoms with Crippen LogP contribution in [0, 0.1) is 6.92 Å². The number of aryl methyl sites for hydroxylation is 1. The number of nitrogens with one attached hydrogen (secondary N) is 1. The minimum Gasteiger partial charge on any atom is -0.368 e. The molecule has 1 saturated heterocycles. The van der Waals surface area contributed by atoms with Gasteiger partial charge in [0.15, 0.2) is 0 Å². The molecule has 0 bridgehead atoms. The number of anilines is 1. The van der Waals surface area contributed by atoms with Crippen molar-refractivity contribution in [2.24, 2.45) is 0 Å². The monoisotopic (exact) mass is 338 g/mol. The van der Waals surface area contributed by atoms with Crippen LogP contribution in [0.25, 0.3) is 0 Å². The van der Waals surface area contributed by atoms with E-state index in [9.17, 15) is 4.79 Å². The zero-order chi connectivity index (χ0) is 16.8. The third kappa shape index (κ3) is 5.29. The molecular formula is C17H27ClN4O. The standard InChI is InChI=1S/C17H27ClN4O/c1-14-5-6-15(18)13-16(14)21-9-11-22(12-10-21)17(23)19-7-4-8-20(2)3/h5-6,13H,4,7-12H2,1-3H3,(H,19,23). The van der Waals surface area contributed by atoms with Crippen molar-refractivity contribution in [3.63, 3.8) is 0 Å². The van der Waals surface area contributed by atoms with Crippen LogP contribution in [0.5, 0.6) is 0 Å². The maximum absolute atomic E-state index is 12.2. The number of nitrogens with zero attached hydrogens (tertiary/aromatic N) is 3. The van der Waals surface area contributed by atoms with Crippen molar-refractivity contribution >= 4 is 23.3 Å². The molecule has 0 atom stereocenters. The summed E-state index contributed by atoms with van der Waals surface area (Å²) in [7, 11) is 4.08. The summed E-state index contributed by atoms with van der Waals surface area (Å²) in [6.07, 6.45) is 0.973.